The fraction of sp³-hybridized carbons (Fsp3) is 0.280. The summed E-state index contributed by atoms with van der Waals surface area (Å²) in [6.45, 7) is 6.62. The fourth-order valence-corrected chi connectivity index (χ4v) is 4.50. The lowest BCUT2D eigenvalue weighted by Gasteiger charge is -2.35. The molecule has 0 bridgehead atoms. The van der Waals surface area contributed by atoms with E-state index in [-0.39, 0.29) is 11.8 Å². The second-order valence-electron chi connectivity index (χ2n) is 8.57. The van der Waals surface area contributed by atoms with E-state index in [4.69, 9.17) is 16.7 Å². The number of urea groups is 1. The summed E-state index contributed by atoms with van der Waals surface area (Å²) >= 11 is 6.06. The Labute approximate surface area is 207 Å². The van der Waals surface area contributed by atoms with Crippen molar-refractivity contribution >= 4 is 34.4 Å². The van der Waals surface area contributed by atoms with E-state index in [1.807, 2.05) is 42.8 Å². The van der Waals surface area contributed by atoms with Crippen molar-refractivity contribution in [2.45, 2.75) is 20.4 Å². The highest BCUT2D eigenvalue weighted by atomic mass is 35.5. The number of benzene rings is 2. The van der Waals surface area contributed by atoms with Crippen LogP contribution in [0, 0.1) is 19.7 Å². The number of hydrogen-bond acceptors (Lipinski definition) is 5. The molecule has 0 unspecified atom stereocenters. The molecule has 35 heavy (non-hydrogen) atoms. The molecule has 1 aliphatic heterocycles. The van der Waals surface area contributed by atoms with Gasteiger partial charge in [-0.15, -0.1) is 5.10 Å². The van der Waals surface area contributed by atoms with Crippen molar-refractivity contribution in [2.75, 3.05) is 31.1 Å². The molecule has 1 N–H and O–H groups in total. The third-order valence-electron chi connectivity index (χ3n) is 6.28. The van der Waals surface area contributed by atoms with Crippen LogP contribution in [-0.4, -0.2) is 57.1 Å². The third-order valence-corrected chi connectivity index (χ3v) is 6.53. The number of nitrogens with one attached hydrogen (secondary N) is 1. The van der Waals surface area contributed by atoms with Gasteiger partial charge in [-0.25, -0.2) is 13.9 Å². The van der Waals surface area contributed by atoms with E-state index in [0.717, 1.165) is 33.5 Å². The summed E-state index contributed by atoms with van der Waals surface area (Å²) in [5, 5.41) is 18.3. The second kappa shape index (κ2) is 9.50. The van der Waals surface area contributed by atoms with Gasteiger partial charge in [0.15, 0.2) is 5.82 Å². The number of anilines is 1. The van der Waals surface area contributed by atoms with Crippen molar-refractivity contribution < 1.29 is 9.18 Å². The average Bonchev–Trinajstić information content (AvgIpc) is 3.22. The molecule has 1 fully saturated rings. The zero-order valence-electron chi connectivity index (χ0n) is 19.5. The summed E-state index contributed by atoms with van der Waals surface area (Å²) in [5.41, 5.74) is 4.35. The first-order chi connectivity index (χ1) is 16.9. The Bertz CT molecular complexity index is 1360. The SMILES string of the molecule is Cc1nnc(N2CCN(C(=O)NCc3ccc(F)cc3)CC2)c2nn(-c3ccc(Cl)cc3)c(C)c12. The van der Waals surface area contributed by atoms with E-state index < -0.39 is 0 Å². The van der Waals surface area contributed by atoms with Crippen LogP contribution in [0.5, 0.6) is 0 Å². The van der Waals surface area contributed by atoms with Crippen LogP contribution in [0.15, 0.2) is 48.5 Å². The molecule has 0 saturated carbocycles. The van der Waals surface area contributed by atoms with Crippen molar-refractivity contribution in [1.82, 2.24) is 30.2 Å². The van der Waals surface area contributed by atoms with Gasteiger partial charge < -0.3 is 15.1 Å². The number of rotatable bonds is 4. The Morgan fingerprint density at radius 3 is 2.37 bits per heavy atom. The van der Waals surface area contributed by atoms with Crippen LogP contribution in [0.25, 0.3) is 16.6 Å². The van der Waals surface area contributed by atoms with Crippen LogP contribution >= 0.6 is 11.6 Å². The van der Waals surface area contributed by atoms with Gasteiger partial charge in [-0.1, -0.05) is 23.7 Å². The molecule has 2 aromatic carbocycles. The van der Waals surface area contributed by atoms with Crippen LogP contribution in [0.1, 0.15) is 17.0 Å². The molecule has 1 saturated heterocycles. The molecule has 10 heteroatoms. The Hall–Kier alpha value is -3.72. The highest BCUT2D eigenvalue weighted by molar-refractivity contribution is 6.30. The number of aryl methyl sites for hydroxylation is 2. The summed E-state index contributed by atoms with van der Waals surface area (Å²) in [7, 11) is 0. The number of fused-ring (bicyclic) bond motifs is 1. The van der Waals surface area contributed by atoms with E-state index in [9.17, 15) is 9.18 Å². The lowest BCUT2D eigenvalue weighted by Crippen LogP contribution is -2.52. The normalized spacial score (nSPS) is 13.9. The van der Waals surface area contributed by atoms with Gasteiger partial charge in [0, 0.05) is 37.7 Å². The number of aromatic nitrogens is 4. The van der Waals surface area contributed by atoms with Gasteiger partial charge in [0.1, 0.15) is 11.3 Å². The number of carbonyl (C=O) groups is 1. The Kier molecular flexibility index (Phi) is 6.25. The first-order valence-electron chi connectivity index (χ1n) is 11.4. The van der Waals surface area contributed by atoms with E-state index >= 15 is 0 Å². The van der Waals surface area contributed by atoms with E-state index in [0.29, 0.717) is 43.6 Å². The first-order valence-corrected chi connectivity index (χ1v) is 11.8. The molecule has 5 rings (SSSR count). The average molecular weight is 494 g/mol. The van der Waals surface area contributed by atoms with Crippen LogP contribution in [0.4, 0.5) is 15.0 Å². The van der Waals surface area contributed by atoms with Gasteiger partial charge in [-0.3, -0.25) is 0 Å². The first kappa shape index (κ1) is 23.0. The Balaban J connectivity index is 1.31. The minimum atomic E-state index is -0.294. The zero-order chi connectivity index (χ0) is 24.5. The second-order valence-corrected chi connectivity index (χ2v) is 9.00. The maximum absolute atomic E-state index is 13.1. The topological polar surface area (TPSA) is 79.2 Å². The van der Waals surface area contributed by atoms with E-state index in [1.54, 1.807) is 17.0 Å². The van der Waals surface area contributed by atoms with E-state index in [2.05, 4.69) is 20.4 Å². The lowest BCUT2D eigenvalue weighted by atomic mass is 10.2. The number of halogens is 2. The highest BCUT2D eigenvalue weighted by Gasteiger charge is 2.26. The standard InChI is InChI=1S/C25H25ClFN7O/c1-16-22-17(2)34(21-9-5-19(26)6-10-21)31-23(22)24(30-29-16)32-11-13-33(14-12-32)25(35)28-15-18-3-7-20(27)8-4-18/h3-10H,11-15H2,1-2H3,(H,28,35). The minimum Gasteiger partial charge on any atom is -0.350 e. The van der Waals surface area contributed by atoms with Gasteiger partial charge in [-0.2, -0.15) is 10.2 Å². The summed E-state index contributed by atoms with van der Waals surface area (Å²) in [4.78, 5) is 16.5. The van der Waals surface area contributed by atoms with Crippen LogP contribution in [0.3, 0.4) is 0 Å². The quantitative estimate of drug-likeness (QED) is 0.459. The van der Waals surface area contributed by atoms with Gasteiger partial charge in [0.2, 0.25) is 0 Å². The molecular weight excluding hydrogens is 469 g/mol. The van der Waals surface area contributed by atoms with Crippen molar-refractivity contribution in [3.8, 4) is 5.69 Å². The molecule has 0 spiro atoms. The summed E-state index contributed by atoms with van der Waals surface area (Å²) in [5.74, 6) is 0.422. The van der Waals surface area contributed by atoms with Gasteiger partial charge in [-0.05, 0) is 55.8 Å². The monoisotopic (exact) mass is 493 g/mol. The number of piperazine rings is 1. The van der Waals surface area contributed by atoms with Crippen LogP contribution in [0.2, 0.25) is 5.02 Å². The molecule has 180 valence electrons. The number of nitrogens with zero attached hydrogens (tertiary/aromatic N) is 6. The van der Waals surface area contributed by atoms with E-state index in [1.165, 1.54) is 12.1 Å². The number of hydrogen-bond donors (Lipinski definition) is 1. The predicted molar refractivity (Wildman–Crippen MR) is 134 cm³/mol. The number of carbonyl (C=O) groups excluding carboxylic acids is 1. The maximum atomic E-state index is 13.1. The molecule has 8 nitrogen and oxygen atoms in total. The van der Waals surface area contributed by atoms with Gasteiger partial charge in [0.05, 0.1) is 22.5 Å². The molecule has 0 radical (unpaired) electrons. The molecule has 0 atom stereocenters. The lowest BCUT2D eigenvalue weighted by molar-refractivity contribution is 0.194. The van der Waals surface area contributed by atoms with Gasteiger partial charge in [0.25, 0.3) is 0 Å². The molecular formula is C25H25ClFN7O. The molecule has 2 aromatic heterocycles. The Morgan fingerprint density at radius 1 is 1.00 bits per heavy atom. The van der Waals surface area contributed by atoms with Crippen LogP contribution in [-0.2, 0) is 6.54 Å². The summed E-state index contributed by atoms with van der Waals surface area (Å²) < 4.78 is 15.0. The van der Waals surface area contributed by atoms with Crippen LogP contribution < -0.4 is 10.2 Å². The Morgan fingerprint density at radius 2 is 1.69 bits per heavy atom. The summed E-state index contributed by atoms with van der Waals surface area (Å²) in [6.07, 6.45) is 0. The third kappa shape index (κ3) is 4.64. The molecule has 1 aliphatic rings. The molecule has 4 aromatic rings. The predicted octanol–water partition coefficient (Wildman–Crippen LogP) is 4.26. The zero-order valence-corrected chi connectivity index (χ0v) is 20.3. The fourth-order valence-electron chi connectivity index (χ4n) is 4.37. The largest absolute Gasteiger partial charge is 0.350 e. The van der Waals surface area contributed by atoms with Gasteiger partial charge >= 0.3 is 6.03 Å². The molecule has 2 amide bonds. The highest BCUT2D eigenvalue weighted by Crippen LogP contribution is 2.30. The van der Waals surface area contributed by atoms with Crippen molar-refractivity contribution in [2.24, 2.45) is 0 Å². The molecule has 0 aliphatic carbocycles. The van der Waals surface area contributed by atoms with Crippen molar-refractivity contribution in [1.29, 1.82) is 0 Å². The number of amides is 2. The maximum Gasteiger partial charge on any atom is 0.317 e. The molecule has 3 heterocycles. The smallest absolute Gasteiger partial charge is 0.317 e. The van der Waals surface area contributed by atoms with Crippen molar-refractivity contribution in [3.05, 3.63) is 76.3 Å². The minimum absolute atomic E-state index is 0.142. The summed E-state index contributed by atoms with van der Waals surface area (Å²) in [6, 6.07) is 13.5. The van der Waals surface area contributed by atoms with Crippen molar-refractivity contribution in [3.63, 3.8) is 0 Å².